The summed E-state index contributed by atoms with van der Waals surface area (Å²) in [4.78, 5) is 1.17. The van der Waals surface area contributed by atoms with Gasteiger partial charge >= 0.3 is 0 Å². The van der Waals surface area contributed by atoms with Crippen LogP contribution in [0.5, 0.6) is 5.75 Å². The first-order chi connectivity index (χ1) is 8.79. The van der Waals surface area contributed by atoms with Crippen molar-refractivity contribution in [2.75, 3.05) is 17.7 Å². The van der Waals surface area contributed by atoms with E-state index >= 15 is 0 Å². The van der Waals surface area contributed by atoms with Crippen LogP contribution in [0.25, 0.3) is 0 Å². The van der Waals surface area contributed by atoms with Crippen molar-refractivity contribution in [1.29, 1.82) is 0 Å². The van der Waals surface area contributed by atoms with Gasteiger partial charge in [0.25, 0.3) is 0 Å². The van der Waals surface area contributed by atoms with E-state index in [0.29, 0.717) is 0 Å². The Bertz CT molecular complexity index is 479. The first-order valence-corrected chi connectivity index (χ1v) is 6.96. The van der Waals surface area contributed by atoms with Crippen molar-refractivity contribution in [3.63, 3.8) is 0 Å². The summed E-state index contributed by atoms with van der Waals surface area (Å²) < 4.78 is 5.53. The second-order valence-electron chi connectivity index (χ2n) is 4.03. The van der Waals surface area contributed by atoms with Crippen LogP contribution in [0.1, 0.15) is 18.2 Å². The second-order valence-corrected chi connectivity index (χ2v) is 5.03. The third-order valence-corrected chi connectivity index (χ3v) is 3.50. The number of rotatable bonds is 6. The molecule has 0 bridgehead atoms. The average Bonchev–Trinajstić information content (AvgIpc) is 2.81. The zero-order valence-electron chi connectivity index (χ0n) is 10.5. The molecular weight excluding hydrogens is 244 g/mol. The zero-order chi connectivity index (χ0) is 12.8. The Morgan fingerprint density at radius 3 is 2.61 bits per heavy atom. The van der Waals surface area contributed by atoms with E-state index in [1.807, 2.05) is 35.7 Å². The summed E-state index contributed by atoms with van der Waals surface area (Å²) >= 11 is 1.67. The van der Waals surface area contributed by atoms with Gasteiger partial charge in [0.2, 0.25) is 0 Å². The van der Waals surface area contributed by atoms with Crippen molar-refractivity contribution < 1.29 is 4.74 Å². The van der Waals surface area contributed by atoms with Crippen LogP contribution < -0.4 is 15.8 Å². The van der Waals surface area contributed by atoms with Gasteiger partial charge in [0.15, 0.2) is 0 Å². The fraction of sp³-hybridized carbons (Fsp3) is 0.286. The van der Waals surface area contributed by atoms with E-state index in [2.05, 4.69) is 12.2 Å². The van der Waals surface area contributed by atoms with Gasteiger partial charge in [-0.3, -0.25) is 0 Å². The molecule has 2 aromatic rings. The molecule has 0 spiro atoms. The predicted molar refractivity (Wildman–Crippen MR) is 78.3 cm³/mol. The summed E-state index contributed by atoms with van der Waals surface area (Å²) in [5.74, 6) is 0.915. The van der Waals surface area contributed by atoms with E-state index in [0.717, 1.165) is 36.7 Å². The van der Waals surface area contributed by atoms with E-state index in [4.69, 9.17) is 10.5 Å². The van der Waals surface area contributed by atoms with Gasteiger partial charge in [-0.1, -0.05) is 6.92 Å². The highest BCUT2D eigenvalue weighted by Gasteiger charge is 2.00. The van der Waals surface area contributed by atoms with Crippen LogP contribution in [-0.4, -0.2) is 6.61 Å². The molecule has 0 amide bonds. The van der Waals surface area contributed by atoms with Crippen molar-refractivity contribution in [2.24, 2.45) is 0 Å². The number of nitrogens with two attached hydrogens (primary N) is 1. The van der Waals surface area contributed by atoms with Crippen LogP contribution in [0.3, 0.4) is 0 Å². The number of nitrogens with one attached hydrogen (secondary N) is 1. The first kappa shape index (κ1) is 12.8. The van der Waals surface area contributed by atoms with Gasteiger partial charge in [0, 0.05) is 16.3 Å². The molecule has 0 fully saturated rings. The molecule has 0 atom stereocenters. The fourth-order valence-electron chi connectivity index (χ4n) is 1.57. The summed E-state index contributed by atoms with van der Waals surface area (Å²) in [6, 6.07) is 9.94. The minimum atomic E-state index is 0.762. The van der Waals surface area contributed by atoms with Crippen molar-refractivity contribution in [1.82, 2.24) is 0 Å². The Morgan fingerprint density at radius 1 is 1.22 bits per heavy atom. The van der Waals surface area contributed by atoms with Crippen molar-refractivity contribution in [3.05, 3.63) is 40.6 Å². The Hall–Kier alpha value is -1.68. The van der Waals surface area contributed by atoms with Crippen molar-refractivity contribution >= 4 is 22.7 Å². The molecule has 0 radical (unpaired) electrons. The zero-order valence-corrected chi connectivity index (χ0v) is 11.3. The standard InChI is InChI=1S/C14H18N2OS/c1-2-8-17-12-5-3-11(4-6-12)16-10-14-13(15)7-9-18-14/h3-7,9,16H,2,8,10,15H2,1H3. The van der Waals surface area contributed by atoms with E-state index < -0.39 is 0 Å². The molecule has 18 heavy (non-hydrogen) atoms. The summed E-state index contributed by atoms with van der Waals surface area (Å²) in [6.45, 7) is 3.62. The van der Waals surface area contributed by atoms with E-state index in [1.165, 1.54) is 4.88 Å². The predicted octanol–water partition coefficient (Wildman–Crippen LogP) is 3.73. The molecule has 4 heteroatoms. The van der Waals surface area contributed by atoms with Gasteiger partial charge in [0.1, 0.15) is 5.75 Å². The molecule has 0 saturated heterocycles. The maximum Gasteiger partial charge on any atom is 0.119 e. The summed E-state index contributed by atoms with van der Waals surface area (Å²) in [7, 11) is 0. The van der Waals surface area contributed by atoms with Crippen LogP contribution in [-0.2, 0) is 6.54 Å². The van der Waals surface area contributed by atoms with Crippen LogP contribution in [0.2, 0.25) is 0 Å². The summed E-state index contributed by atoms with van der Waals surface area (Å²) in [5, 5.41) is 5.35. The number of thiophene rings is 1. The van der Waals surface area contributed by atoms with Gasteiger partial charge in [0.05, 0.1) is 13.2 Å². The molecule has 1 aromatic heterocycles. The lowest BCUT2D eigenvalue weighted by molar-refractivity contribution is 0.317. The fourth-order valence-corrected chi connectivity index (χ4v) is 2.30. The highest BCUT2D eigenvalue weighted by atomic mass is 32.1. The van der Waals surface area contributed by atoms with Crippen LogP contribution >= 0.6 is 11.3 Å². The number of hydrogen-bond acceptors (Lipinski definition) is 4. The third kappa shape index (κ3) is 3.40. The maximum atomic E-state index is 5.83. The Balaban J connectivity index is 1.88. The number of benzene rings is 1. The molecule has 1 heterocycles. The number of nitrogen functional groups attached to an aromatic ring is 1. The molecule has 0 unspecified atom stereocenters. The van der Waals surface area contributed by atoms with Crippen molar-refractivity contribution in [2.45, 2.75) is 19.9 Å². The summed E-state index contributed by atoms with van der Waals surface area (Å²) in [6.07, 6.45) is 1.03. The van der Waals surface area contributed by atoms with E-state index in [9.17, 15) is 0 Å². The van der Waals surface area contributed by atoms with Gasteiger partial charge in [-0.25, -0.2) is 0 Å². The normalized spacial score (nSPS) is 10.3. The molecule has 1 aromatic carbocycles. The number of ether oxygens (including phenoxy) is 1. The average molecular weight is 262 g/mol. The molecular formula is C14H18N2OS. The molecule has 96 valence electrons. The van der Waals surface area contributed by atoms with Crippen molar-refractivity contribution in [3.8, 4) is 5.75 Å². The maximum absolute atomic E-state index is 5.83. The molecule has 0 aliphatic carbocycles. The molecule has 0 aliphatic rings. The van der Waals surface area contributed by atoms with Gasteiger partial charge in [-0.15, -0.1) is 11.3 Å². The van der Waals surface area contributed by atoms with Crippen LogP contribution in [0, 0.1) is 0 Å². The van der Waals surface area contributed by atoms with E-state index in [-0.39, 0.29) is 0 Å². The molecule has 0 aliphatic heterocycles. The monoisotopic (exact) mass is 262 g/mol. The SMILES string of the molecule is CCCOc1ccc(NCc2sccc2N)cc1. The van der Waals surface area contributed by atoms with Crippen LogP contribution in [0.15, 0.2) is 35.7 Å². The minimum absolute atomic E-state index is 0.762. The lowest BCUT2D eigenvalue weighted by Crippen LogP contribution is -2.00. The van der Waals surface area contributed by atoms with Crippen LogP contribution in [0.4, 0.5) is 11.4 Å². The summed E-state index contributed by atoms with van der Waals surface area (Å²) in [5.41, 5.74) is 7.77. The highest BCUT2D eigenvalue weighted by Crippen LogP contribution is 2.21. The van der Waals surface area contributed by atoms with E-state index in [1.54, 1.807) is 11.3 Å². The molecule has 2 rings (SSSR count). The molecule has 3 nitrogen and oxygen atoms in total. The number of anilines is 2. The topological polar surface area (TPSA) is 47.3 Å². The van der Waals surface area contributed by atoms with Gasteiger partial charge in [-0.2, -0.15) is 0 Å². The lowest BCUT2D eigenvalue weighted by atomic mass is 10.3. The highest BCUT2D eigenvalue weighted by molar-refractivity contribution is 7.10. The molecule has 3 N–H and O–H groups in total. The minimum Gasteiger partial charge on any atom is -0.494 e. The Kier molecular flexibility index (Phi) is 4.47. The largest absolute Gasteiger partial charge is 0.494 e. The van der Waals surface area contributed by atoms with Gasteiger partial charge < -0.3 is 15.8 Å². The second kappa shape index (κ2) is 6.31. The first-order valence-electron chi connectivity index (χ1n) is 6.08. The Labute approximate surface area is 112 Å². The quantitative estimate of drug-likeness (QED) is 0.834. The molecule has 0 saturated carbocycles. The Morgan fingerprint density at radius 2 is 2.00 bits per heavy atom. The number of hydrogen-bond donors (Lipinski definition) is 2. The lowest BCUT2D eigenvalue weighted by Gasteiger charge is -2.08. The third-order valence-electron chi connectivity index (χ3n) is 2.56. The smallest absolute Gasteiger partial charge is 0.119 e. The van der Waals surface area contributed by atoms with Gasteiger partial charge in [-0.05, 0) is 42.1 Å².